The largest absolute Gasteiger partial charge is 0.355 e. The summed E-state index contributed by atoms with van der Waals surface area (Å²) in [7, 11) is -3.54. The number of carbonyl (C=O) groups is 1. The van der Waals surface area contributed by atoms with E-state index in [0.29, 0.717) is 5.82 Å². The minimum atomic E-state index is -3.54. The quantitative estimate of drug-likeness (QED) is 0.328. The molecule has 1 N–H and O–H groups in total. The highest BCUT2D eigenvalue weighted by atomic mass is 32.2. The Morgan fingerprint density at radius 3 is 2.60 bits per heavy atom. The van der Waals surface area contributed by atoms with Gasteiger partial charge in [0.2, 0.25) is 5.91 Å². The van der Waals surface area contributed by atoms with Crippen LogP contribution in [0.4, 0.5) is 8.78 Å². The van der Waals surface area contributed by atoms with Crippen LogP contribution in [-0.2, 0) is 25.8 Å². The summed E-state index contributed by atoms with van der Waals surface area (Å²) in [6.45, 7) is 5.65. The van der Waals surface area contributed by atoms with Crippen molar-refractivity contribution in [2.24, 2.45) is 5.41 Å². The van der Waals surface area contributed by atoms with Crippen molar-refractivity contribution in [3.05, 3.63) is 83.2 Å². The molecule has 4 aromatic rings. The number of halogens is 2. The van der Waals surface area contributed by atoms with E-state index in [1.165, 1.54) is 36.1 Å². The van der Waals surface area contributed by atoms with Crippen LogP contribution in [-0.4, -0.2) is 56.6 Å². The van der Waals surface area contributed by atoms with Gasteiger partial charge in [0.15, 0.2) is 21.5 Å². The second-order valence-electron chi connectivity index (χ2n) is 11.4. The number of carbonyl (C=O) groups excluding carboxylic acids is 1. The Balaban J connectivity index is 1.33. The molecule has 0 saturated heterocycles. The van der Waals surface area contributed by atoms with Gasteiger partial charge in [0.25, 0.3) is 0 Å². The van der Waals surface area contributed by atoms with E-state index in [1.54, 1.807) is 12.1 Å². The van der Waals surface area contributed by atoms with E-state index in [-0.39, 0.29) is 52.4 Å². The molecule has 6 rings (SSSR count). The number of hydrogen-bond donors (Lipinski definition) is 1. The summed E-state index contributed by atoms with van der Waals surface area (Å²) in [6.07, 6.45) is 3.04. The van der Waals surface area contributed by atoms with Crippen LogP contribution >= 0.6 is 0 Å². The van der Waals surface area contributed by atoms with Crippen LogP contribution in [0.3, 0.4) is 0 Å². The van der Waals surface area contributed by atoms with E-state index in [1.807, 2.05) is 12.1 Å². The molecule has 3 heterocycles. The Hall–Kier alpha value is -4.13. The molecule has 1 saturated carbocycles. The summed E-state index contributed by atoms with van der Waals surface area (Å²) in [4.78, 5) is 20.2. The third-order valence-corrected chi connectivity index (χ3v) is 10.2. The predicted molar refractivity (Wildman–Crippen MR) is 149 cm³/mol. The van der Waals surface area contributed by atoms with E-state index < -0.39 is 26.9 Å². The Bertz CT molecular complexity index is 1810. The van der Waals surface area contributed by atoms with Gasteiger partial charge in [-0.15, -0.1) is 10.2 Å². The number of sulfone groups is 1. The number of hydrogen-bond acceptors (Lipinski definition) is 8. The lowest BCUT2D eigenvalue weighted by molar-refractivity contribution is -0.118. The number of amides is 1. The summed E-state index contributed by atoms with van der Waals surface area (Å²) in [6, 6.07) is 11.0. The minimum Gasteiger partial charge on any atom is -0.355 e. The van der Waals surface area contributed by atoms with Crippen LogP contribution in [0.15, 0.2) is 48.8 Å². The zero-order chi connectivity index (χ0) is 29.9. The number of benzene rings is 1. The van der Waals surface area contributed by atoms with Gasteiger partial charge in [-0.05, 0) is 60.1 Å². The van der Waals surface area contributed by atoms with Gasteiger partial charge in [0.1, 0.15) is 23.7 Å². The van der Waals surface area contributed by atoms with Gasteiger partial charge in [-0.25, -0.2) is 31.8 Å². The number of rotatable bonds is 8. The topological polar surface area (TPSA) is 133 Å². The fraction of sp³-hybridized carbons (Fsp3) is 0.379. The first kappa shape index (κ1) is 28.0. The molecule has 1 fully saturated rings. The van der Waals surface area contributed by atoms with Crippen LogP contribution in [0.1, 0.15) is 62.3 Å². The Kier molecular flexibility index (Phi) is 6.67. The van der Waals surface area contributed by atoms with Crippen LogP contribution in [0.25, 0.3) is 17.1 Å². The number of pyridine rings is 1. The first-order valence-corrected chi connectivity index (χ1v) is 15.4. The van der Waals surface area contributed by atoms with E-state index in [2.05, 4.69) is 39.4 Å². The number of nitrogens with one attached hydrogen (secondary N) is 1. The van der Waals surface area contributed by atoms with Gasteiger partial charge in [-0.2, -0.15) is 5.10 Å². The third kappa shape index (κ3) is 4.46. The maximum atomic E-state index is 14.6. The molecule has 3 aromatic heterocycles. The van der Waals surface area contributed by atoms with Gasteiger partial charge in [0.05, 0.1) is 33.8 Å². The Labute approximate surface area is 241 Å². The molecule has 218 valence electrons. The summed E-state index contributed by atoms with van der Waals surface area (Å²) in [5, 5.41) is 15.7. The molecule has 10 nitrogen and oxygen atoms in total. The molecule has 0 radical (unpaired) electrons. The average Bonchev–Trinajstić information content (AvgIpc) is 3.55. The van der Waals surface area contributed by atoms with E-state index in [0.717, 1.165) is 29.8 Å². The van der Waals surface area contributed by atoms with Gasteiger partial charge < -0.3 is 5.32 Å². The molecule has 1 amide bonds. The van der Waals surface area contributed by atoms with Crippen LogP contribution < -0.4 is 5.32 Å². The van der Waals surface area contributed by atoms with Gasteiger partial charge in [-0.1, -0.05) is 26.0 Å². The lowest BCUT2D eigenvalue weighted by atomic mass is 9.66. The molecular formula is C29H29F2N7O3S. The second-order valence-corrected chi connectivity index (χ2v) is 13.6. The van der Waals surface area contributed by atoms with E-state index >= 15 is 0 Å². The number of fused-ring (bicyclic) bond motifs is 5. The molecule has 0 unspecified atom stereocenters. The highest BCUT2D eigenvalue weighted by Crippen LogP contribution is 2.69. The SMILES string of the molecule is CC(=O)NCCS(=O)(=O)Cc1ncn(-c2cccc([C@]34CC[C@@H](c5cc(-c6c(F)cccc6F)nnc53)C4(C)C)n2)n1. The molecule has 2 bridgehead atoms. The highest BCUT2D eigenvalue weighted by Gasteiger charge is 2.65. The van der Waals surface area contributed by atoms with Crippen molar-refractivity contribution < 1.29 is 22.0 Å². The fourth-order valence-electron chi connectivity index (χ4n) is 6.67. The van der Waals surface area contributed by atoms with Crippen molar-refractivity contribution >= 4 is 15.7 Å². The normalized spacial score (nSPS) is 20.5. The smallest absolute Gasteiger partial charge is 0.216 e. The van der Waals surface area contributed by atoms with Crippen molar-refractivity contribution in [3.8, 4) is 17.1 Å². The summed E-state index contributed by atoms with van der Waals surface area (Å²) in [5.41, 5.74) is 1.46. The highest BCUT2D eigenvalue weighted by molar-refractivity contribution is 7.90. The predicted octanol–water partition coefficient (Wildman–Crippen LogP) is 3.65. The monoisotopic (exact) mass is 593 g/mol. The van der Waals surface area contributed by atoms with Crippen molar-refractivity contribution in [2.75, 3.05) is 12.3 Å². The number of nitrogens with zero attached hydrogens (tertiary/aromatic N) is 6. The standard InChI is InChI=1S/C29H29F2N7O3S/c1-17(39)32-12-13-42(40,41)15-24-33-16-38(37-24)25-9-5-8-23(34-25)29-11-10-19(28(29,2)3)18-14-22(35-36-27(18)29)26-20(30)6-4-7-21(26)31/h4-9,14,16,19H,10-13,15H2,1-3H3,(H,32,39)/t19-,29+/m0/s1. The maximum Gasteiger partial charge on any atom is 0.216 e. The molecule has 0 aliphatic heterocycles. The molecule has 2 aliphatic carbocycles. The summed E-state index contributed by atoms with van der Waals surface area (Å²) >= 11 is 0. The van der Waals surface area contributed by atoms with Crippen molar-refractivity contribution in [2.45, 2.75) is 50.7 Å². The lowest BCUT2D eigenvalue weighted by Crippen LogP contribution is -2.38. The van der Waals surface area contributed by atoms with Crippen LogP contribution in [0.5, 0.6) is 0 Å². The summed E-state index contributed by atoms with van der Waals surface area (Å²) in [5.74, 6) is -1.61. The fourth-order valence-corrected chi connectivity index (χ4v) is 7.75. The molecule has 2 aliphatic rings. The first-order chi connectivity index (χ1) is 19.9. The van der Waals surface area contributed by atoms with E-state index in [9.17, 15) is 22.0 Å². The van der Waals surface area contributed by atoms with Crippen molar-refractivity contribution in [3.63, 3.8) is 0 Å². The third-order valence-electron chi connectivity index (χ3n) is 8.68. The minimum absolute atomic E-state index is 0.0158. The van der Waals surface area contributed by atoms with Gasteiger partial charge in [-0.3, -0.25) is 4.79 Å². The molecule has 13 heteroatoms. The molecule has 2 atom stereocenters. The zero-order valence-electron chi connectivity index (χ0n) is 23.3. The molecule has 1 aromatic carbocycles. The van der Waals surface area contributed by atoms with Crippen LogP contribution in [0.2, 0.25) is 0 Å². The molecule has 0 spiro atoms. The second kappa shape index (κ2) is 10.0. The zero-order valence-corrected chi connectivity index (χ0v) is 24.1. The maximum absolute atomic E-state index is 14.6. The molecule has 42 heavy (non-hydrogen) atoms. The van der Waals surface area contributed by atoms with E-state index in [4.69, 9.17) is 4.98 Å². The van der Waals surface area contributed by atoms with Gasteiger partial charge >= 0.3 is 0 Å². The van der Waals surface area contributed by atoms with Crippen molar-refractivity contribution in [1.29, 1.82) is 0 Å². The lowest BCUT2D eigenvalue weighted by Gasteiger charge is -2.37. The Morgan fingerprint density at radius 2 is 1.86 bits per heavy atom. The first-order valence-electron chi connectivity index (χ1n) is 13.6. The van der Waals surface area contributed by atoms with Crippen LogP contribution in [0, 0.1) is 17.0 Å². The number of aromatic nitrogens is 6. The Morgan fingerprint density at radius 1 is 1.12 bits per heavy atom. The van der Waals surface area contributed by atoms with Crippen molar-refractivity contribution in [1.82, 2.24) is 35.3 Å². The summed E-state index contributed by atoms with van der Waals surface area (Å²) < 4.78 is 55.5. The van der Waals surface area contributed by atoms with Gasteiger partial charge in [0, 0.05) is 13.5 Å². The molecular weight excluding hydrogens is 564 g/mol. The average molecular weight is 594 g/mol.